The number of aliphatic hydroxyl groups is 1. The third-order valence-electron chi connectivity index (χ3n) is 3.04. The monoisotopic (exact) mass is 315 g/mol. The molecule has 0 saturated carbocycles. The molecule has 1 aliphatic rings. The van der Waals surface area contributed by atoms with E-state index in [0.29, 0.717) is 37.0 Å². The average molecular weight is 315 g/mol. The van der Waals surface area contributed by atoms with E-state index in [4.69, 9.17) is 20.4 Å². The summed E-state index contributed by atoms with van der Waals surface area (Å²) in [6.45, 7) is 4.96. The van der Waals surface area contributed by atoms with Crippen molar-refractivity contribution in [1.82, 2.24) is 0 Å². The van der Waals surface area contributed by atoms with Gasteiger partial charge in [-0.05, 0) is 23.8 Å². The van der Waals surface area contributed by atoms with E-state index in [1.54, 1.807) is 0 Å². The standard InChI is InChI=1S/C17H21N3O3/c1-14-6-2-3-7-15(14)19-20(18)16-8-4-5-9-17(16)23-13-12-22-11-10-21/h2-9,21H,1,10-13,18H2/b19-15-. The lowest BCUT2D eigenvalue weighted by atomic mass is 10.1. The number of anilines is 1. The van der Waals surface area contributed by atoms with Crippen LogP contribution in [-0.2, 0) is 4.74 Å². The van der Waals surface area contributed by atoms with Crippen LogP contribution in [0.25, 0.3) is 0 Å². The van der Waals surface area contributed by atoms with Crippen LogP contribution in [-0.4, -0.2) is 37.2 Å². The molecule has 0 aliphatic heterocycles. The first kappa shape index (κ1) is 17.0. The summed E-state index contributed by atoms with van der Waals surface area (Å²) in [5.41, 5.74) is 2.12. The fourth-order valence-corrected chi connectivity index (χ4v) is 1.92. The SMILES string of the molecule is C=C1C=CC=C/C1=N/N(N)c1ccccc1OCCOCCO. The minimum atomic E-state index is -0.00347. The van der Waals surface area contributed by atoms with E-state index in [1.165, 1.54) is 5.12 Å². The molecular weight excluding hydrogens is 294 g/mol. The number of hydrogen-bond acceptors (Lipinski definition) is 6. The molecule has 2 rings (SSSR count). The lowest BCUT2D eigenvalue weighted by molar-refractivity contribution is 0.0706. The largest absolute Gasteiger partial charge is 0.489 e. The zero-order valence-corrected chi connectivity index (χ0v) is 12.9. The molecule has 0 aromatic heterocycles. The summed E-state index contributed by atoms with van der Waals surface area (Å²) in [5.74, 6) is 6.65. The highest BCUT2D eigenvalue weighted by molar-refractivity contribution is 6.11. The van der Waals surface area contributed by atoms with Gasteiger partial charge < -0.3 is 14.6 Å². The molecule has 0 bridgehead atoms. The minimum Gasteiger partial charge on any atom is -0.489 e. The molecule has 0 unspecified atom stereocenters. The number of hydrazine groups is 1. The molecule has 1 aromatic carbocycles. The van der Waals surface area contributed by atoms with Gasteiger partial charge in [0.2, 0.25) is 0 Å². The zero-order valence-electron chi connectivity index (χ0n) is 12.9. The van der Waals surface area contributed by atoms with Gasteiger partial charge >= 0.3 is 0 Å². The predicted octanol–water partition coefficient (Wildman–Crippen LogP) is 1.79. The second-order valence-corrected chi connectivity index (χ2v) is 4.73. The molecule has 6 nitrogen and oxygen atoms in total. The molecule has 0 amide bonds. The van der Waals surface area contributed by atoms with Gasteiger partial charge in [-0.1, -0.05) is 36.9 Å². The van der Waals surface area contributed by atoms with Crippen LogP contribution in [0, 0.1) is 0 Å². The van der Waals surface area contributed by atoms with Gasteiger partial charge in [-0.3, -0.25) is 0 Å². The Bertz CT molecular complexity index is 623. The third-order valence-corrected chi connectivity index (χ3v) is 3.04. The number of benzene rings is 1. The molecule has 0 radical (unpaired) electrons. The van der Waals surface area contributed by atoms with Crippen LogP contribution < -0.4 is 15.7 Å². The Morgan fingerprint density at radius 2 is 1.91 bits per heavy atom. The Labute approximate surface area is 135 Å². The lowest BCUT2D eigenvalue weighted by Crippen LogP contribution is -2.27. The van der Waals surface area contributed by atoms with Gasteiger partial charge in [-0.15, -0.1) is 0 Å². The number of ether oxygens (including phenoxy) is 2. The molecule has 1 aromatic rings. The molecule has 122 valence electrons. The van der Waals surface area contributed by atoms with E-state index in [0.717, 1.165) is 5.57 Å². The van der Waals surface area contributed by atoms with Crippen LogP contribution in [0.3, 0.4) is 0 Å². The minimum absolute atomic E-state index is 0.00347. The predicted molar refractivity (Wildman–Crippen MR) is 91.4 cm³/mol. The summed E-state index contributed by atoms with van der Waals surface area (Å²) in [6.07, 6.45) is 7.48. The quantitative estimate of drug-likeness (QED) is 0.434. The van der Waals surface area contributed by atoms with Crippen molar-refractivity contribution < 1.29 is 14.6 Å². The van der Waals surface area contributed by atoms with Gasteiger partial charge in [-0.25, -0.2) is 5.84 Å². The van der Waals surface area contributed by atoms with Gasteiger partial charge in [-0.2, -0.15) is 10.2 Å². The molecule has 1 aliphatic carbocycles. The summed E-state index contributed by atoms with van der Waals surface area (Å²) in [4.78, 5) is 0. The molecule has 0 heterocycles. The van der Waals surface area contributed by atoms with Crippen molar-refractivity contribution in [1.29, 1.82) is 0 Å². The van der Waals surface area contributed by atoms with Crippen molar-refractivity contribution in [2.45, 2.75) is 0 Å². The zero-order chi connectivity index (χ0) is 16.5. The maximum Gasteiger partial charge on any atom is 0.146 e. The van der Waals surface area contributed by atoms with Crippen LogP contribution in [0.15, 0.2) is 65.8 Å². The fraction of sp³-hybridized carbons (Fsp3) is 0.235. The molecule has 3 N–H and O–H groups in total. The molecular formula is C17H21N3O3. The van der Waals surface area contributed by atoms with Crippen molar-refractivity contribution in [2.75, 3.05) is 31.5 Å². The summed E-state index contributed by atoms with van der Waals surface area (Å²) < 4.78 is 10.8. The number of hydrogen-bond donors (Lipinski definition) is 2. The van der Waals surface area contributed by atoms with Crippen molar-refractivity contribution in [3.8, 4) is 5.75 Å². The summed E-state index contributed by atoms with van der Waals surface area (Å²) >= 11 is 0. The van der Waals surface area contributed by atoms with Crippen LogP contribution in [0.1, 0.15) is 0 Å². The maximum atomic E-state index is 8.66. The number of allylic oxidation sites excluding steroid dienone is 5. The first-order valence-corrected chi connectivity index (χ1v) is 7.30. The molecule has 0 spiro atoms. The van der Waals surface area contributed by atoms with Gasteiger partial charge in [0.1, 0.15) is 18.0 Å². The molecule has 23 heavy (non-hydrogen) atoms. The number of hydrazone groups is 1. The van der Waals surface area contributed by atoms with E-state index in [1.807, 2.05) is 48.6 Å². The lowest BCUT2D eigenvalue weighted by Gasteiger charge is -2.18. The number of nitrogens with two attached hydrogens (primary N) is 1. The van der Waals surface area contributed by atoms with Crippen molar-refractivity contribution in [3.05, 3.63) is 60.7 Å². The Morgan fingerprint density at radius 1 is 1.13 bits per heavy atom. The molecule has 0 fully saturated rings. The van der Waals surface area contributed by atoms with Gasteiger partial charge in [0, 0.05) is 0 Å². The topological polar surface area (TPSA) is 80.3 Å². The van der Waals surface area contributed by atoms with Crippen molar-refractivity contribution in [2.24, 2.45) is 10.9 Å². The van der Waals surface area contributed by atoms with Crippen LogP contribution in [0.2, 0.25) is 0 Å². The summed E-state index contributed by atoms with van der Waals surface area (Å²) in [7, 11) is 0. The molecule has 0 atom stereocenters. The Balaban J connectivity index is 2.04. The highest BCUT2D eigenvalue weighted by Crippen LogP contribution is 2.26. The van der Waals surface area contributed by atoms with Gasteiger partial charge in [0.15, 0.2) is 0 Å². The molecule has 0 saturated heterocycles. The third kappa shape index (κ3) is 5.07. The second kappa shape index (κ2) is 8.89. The van der Waals surface area contributed by atoms with Gasteiger partial charge in [0.25, 0.3) is 0 Å². The summed E-state index contributed by atoms with van der Waals surface area (Å²) in [6, 6.07) is 7.35. The number of rotatable bonds is 8. The van der Waals surface area contributed by atoms with E-state index in [9.17, 15) is 0 Å². The summed E-state index contributed by atoms with van der Waals surface area (Å²) in [5, 5.41) is 14.3. The second-order valence-electron chi connectivity index (χ2n) is 4.73. The highest BCUT2D eigenvalue weighted by atomic mass is 16.5. The Hall–Kier alpha value is -2.41. The highest BCUT2D eigenvalue weighted by Gasteiger charge is 2.10. The maximum absolute atomic E-state index is 8.66. The first-order chi connectivity index (χ1) is 11.2. The smallest absolute Gasteiger partial charge is 0.146 e. The Morgan fingerprint density at radius 3 is 2.70 bits per heavy atom. The normalized spacial score (nSPS) is 15.2. The first-order valence-electron chi connectivity index (χ1n) is 7.30. The fourth-order valence-electron chi connectivity index (χ4n) is 1.92. The number of nitrogens with zero attached hydrogens (tertiary/aromatic N) is 2. The van der Waals surface area contributed by atoms with Crippen LogP contribution >= 0.6 is 0 Å². The van der Waals surface area contributed by atoms with E-state index in [-0.39, 0.29) is 6.61 Å². The number of para-hydroxylation sites is 2. The Kier molecular flexibility index (Phi) is 6.56. The number of aliphatic hydroxyl groups excluding tert-OH is 1. The van der Waals surface area contributed by atoms with Crippen LogP contribution in [0.5, 0.6) is 5.75 Å². The van der Waals surface area contributed by atoms with Gasteiger partial charge in [0.05, 0.1) is 25.5 Å². The van der Waals surface area contributed by atoms with Crippen molar-refractivity contribution >= 4 is 11.4 Å². The van der Waals surface area contributed by atoms with Crippen molar-refractivity contribution in [3.63, 3.8) is 0 Å². The van der Waals surface area contributed by atoms with E-state index >= 15 is 0 Å². The van der Waals surface area contributed by atoms with E-state index in [2.05, 4.69) is 11.7 Å². The average Bonchev–Trinajstić information content (AvgIpc) is 2.57. The molecule has 6 heteroatoms. The van der Waals surface area contributed by atoms with E-state index < -0.39 is 0 Å². The van der Waals surface area contributed by atoms with Crippen LogP contribution in [0.4, 0.5) is 5.69 Å².